The molecule has 0 amide bonds. The molecule has 11 heteroatoms. The molecule has 0 radical (unpaired) electrons. The highest BCUT2D eigenvalue weighted by molar-refractivity contribution is 5.46. The van der Waals surface area contributed by atoms with Crippen LogP contribution in [0.15, 0.2) is 18.2 Å². The summed E-state index contributed by atoms with van der Waals surface area (Å²) in [5.74, 6) is 2.90. The van der Waals surface area contributed by atoms with Crippen molar-refractivity contribution in [1.29, 1.82) is 0 Å². The quantitative estimate of drug-likeness (QED) is 0.419. The first-order valence-corrected chi connectivity index (χ1v) is 12.7. The number of hydrogen-bond acceptors (Lipinski definition) is 9. The highest BCUT2D eigenvalue weighted by atomic mass is 16.5. The summed E-state index contributed by atoms with van der Waals surface area (Å²) in [6.45, 7) is 7.47. The van der Waals surface area contributed by atoms with Crippen LogP contribution in [0.3, 0.4) is 0 Å². The third-order valence-corrected chi connectivity index (χ3v) is 7.16. The average Bonchev–Trinajstić information content (AvgIpc) is 3.26. The van der Waals surface area contributed by atoms with Crippen molar-refractivity contribution < 1.29 is 39.1 Å². The number of likely N-dealkylation sites (tertiary alicyclic amines) is 1. The number of hydrogen-bond donors (Lipinski definition) is 3. The van der Waals surface area contributed by atoms with E-state index in [1.54, 1.807) is 7.11 Å². The number of ether oxygens (including phenoxy) is 3. The number of carboxylic acid groups (broad SMARTS) is 2. The van der Waals surface area contributed by atoms with Crippen LogP contribution in [0.5, 0.6) is 11.5 Å². The topological polar surface area (TPSA) is 132 Å². The van der Waals surface area contributed by atoms with Gasteiger partial charge >= 0.3 is 0 Å². The standard InChI is InChI=1S/C24H39N3O4.2CH2O2/c1-25(2)7-12-31-24-18(5-4-6-23(24)29-3)15-26-16-19-13-21(22(28)14-20(19)17-26)27-8-10-30-11-9-27;2*2-1-3/h4-6,19-22,28H,7-17H2,1-3H3;2*1H,(H,2,3)/t19-,20+,21-,22-;;/m1../s1. The molecule has 210 valence electrons. The van der Waals surface area contributed by atoms with Gasteiger partial charge in [-0.1, -0.05) is 12.1 Å². The number of likely N-dealkylation sites (N-methyl/N-ethyl adjacent to an activating group) is 1. The normalized spacial score (nSPS) is 25.6. The summed E-state index contributed by atoms with van der Waals surface area (Å²) in [4.78, 5) is 23.8. The number of rotatable bonds is 8. The third-order valence-electron chi connectivity index (χ3n) is 7.16. The molecule has 3 fully saturated rings. The van der Waals surface area contributed by atoms with E-state index in [9.17, 15) is 5.11 Å². The predicted molar refractivity (Wildman–Crippen MR) is 138 cm³/mol. The van der Waals surface area contributed by atoms with Gasteiger partial charge in [-0.25, -0.2) is 0 Å². The second kappa shape index (κ2) is 16.4. The minimum atomic E-state index is -0.250. The Morgan fingerprint density at radius 2 is 1.70 bits per heavy atom. The van der Waals surface area contributed by atoms with Crippen molar-refractivity contribution >= 4 is 12.9 Å². The van der Waals surface area contributed by atoms with Crippen LogP contribution in [-0.4, -0.2) is 129 Å². The molecule has 2 saturated heterocycles. The molecule has 1 aliphatic carbocycles. The lowest BCUT2D eigenvalue weighted by Gasteiger charge is -2.43. The van der Waals surface area contributed by atoms with Gasteiger partial charge < -0.3 is 34.4 Å². The van der Waals surface area contributed by atoms with Gasteiger partial charge in [-0.2, -0.15) is 0 Å². The predicted octanol–water partition coefficient (Wildman–Crippen LogP) is 0.941. The summed E-state index contributed by atoms with van der Waals surface area (Å²) in [6.07, 6.45) is 1.78. The summed E-state index contributed by atoms with van der Waals surface area (Å²) < 4.78 is 17.3. The van der Waals surface area contributed by atoms with Gasteiger partial charge in [0.1, 0.15) is 6.61 Å². The van der Waals surface area contributed by atoms with Crippen molar-refractivity contribution in [3.05, 3.63) is 23.8 Å². The maximum absolute atomic E-state index is 10.9. The number of aliphatic hydroxyl groups is 1. The Kier molecular flexibility index (Phi) is 13.7. The van der Waals surface area contributed by atoms with Crippen molar-refractivity contribution in [2.24, 2.45) is 11.8 Å². The fourth-order valence-electron chi connectivity index (χ4n) is 5.52. The molecule has 0 aromatic heterocycles. The molecule has 11 nitrogen and oxygen atoms in total. The summed E-state index contributed by atoms with van der Waals surface area (Å²) in [5.41, 5.74) is 1.18. The molecule has 37 heavy (non-hydrogen) atoms. The van der Waals surface area contributed by atoms with Crippen LogP contribution in [0.25, 0.3) is 0 Å². The van der Waals surface area contributed by atoms with E-state index >= 15 is 0 Å². The zero-order valence-corrected chi connectivity index (χ0v) is 22.2. The Morgan fingerprint density at radius 1 is 1.08 bits per heavy atom. The van der Waals surface area contributed by atoms with Crippen molar-refractivity contribution in [3.8, 4) is 11.5 Å². The van der Waals surface area contributed by atoms with E-state index < -0.39 is 0 Å². The van der Waals surface area contributed by atoms with E-state index in [-0.39, 0.29) is 25.1 Å². The van der Waals surface area contributed by atoms with Gasteiger partial charge in [0, 0.05) is 50.9 Å². The summed E-state index contributed by atoms with van der Waals surface area (Å²) >= 11 is 0. The Balaban J connectivity index is 0.000000733. The Hall–Kier alpha value is -2.44. The summed E-state index contributed by atoms with van der Waals surface area (Å²) in [5, 5.41) is 24.6. The summed E-state index contributed by atoms with van der Waals surface area (Å²) in [7, 11) is 5.81. The van der Waals surface area contributed by atoms with Crippen LogP contribution in [-0.2, 0) is 20.9 Å². The van der Waals surface area contributed by atoms with Crippen LogP contribution in [0.1, 0.15) is 18.4 Å². The lowest BCUT2D eigenvalue weighted by Crippen LogP contribution is -2.53. The average molecular weight is 526 g/mol. The number of carbonyl (C=O) groups is 2. The molecule has 1 aromatic rings. The molecule has 1 aromatic carbocycles. The highest BCUT2D eigenvalue weighted by Gasteiger charge is 2.43. The van der Waals surface area contributed by atoms with E-state index in [4.69, 9.17) is 34.0 Å². The SMILES string of the molecule is COc1cccc(CN2C[C@H]3C[C@@H](N4CCOCC4)[C@H](O)C[C@H]3C2)c1OCCN(C)C.O=CO.O=CO. The van der Waals surface area contributed by atoms with E-state index in [1.165, 1.54) is 5.56 Å². The van der Waals surface area contributed by atoms with Crippen LogP contribution < -0.4 is 9.47 Å². The lowest BCUT2D eigenvalue weighted by atomic mass is 9.77. The maximum Gasteiger partial charge on any atom is 0.290 e. The molecule has 3 aliphatic rings. The first kappa shape index (κ1) is 30.8. The Labute approximate surface area is 219 Å². The molecule has 2 heterocycles. The molecule has 0 unspecified atom stereocenters. The number of fused-ring (bicyclic) bond motifs is 1. The number of para-hydroxylation sites is 1. The van der Waals surface area contributed by atoms with Crippen LogP contribution >= 0.6 is 0 Å². The fourth-order valence-corrected chi connectivity index (χ4v) is 5.52. The Morgan fingerprint density at radius 3 is 2.30 bits per heavy atom. The second-order valence-electron chi connectivity index (χ2n) is 9.78. The van der Waals surface area contributed by atoms with E-state index in [1.807, 2.05) is 12.1 Å². The van der Waals surface area contributed by atoms with Gasteiger partial charge in [-0.05, 0) is 44.8 Å². The van der Waals surface area contributed by atoms with Crippen molar-refractivity contribution in [3.63, 3.8) is 0 Å². The molecule has 0 spiro atoms. The molecular formula is C26H43N3O8. The molecule has 4 atom stereocenters. The van der Waals surface area contributed by atoms with Gasteiger partial charge in [-0.3, -0.25) is 19.4 Å². The van der Waals surface area contributed by atoms with E-state index in [2.05, 4.69) is 34.9 Å². The van der Waals surface area contributed by atoms with Crippen molar-refractivity contribution in [2.45, 2.75) is 31.5 Å². The monoisotopic (exact) mass is 525 g/mol. The maximum atomic E-state index is 10.9. The number of methoxy groups -OCH3 is 1. The third kappa shape index (κ3) is 9.42. The number of nitrogens with zero attached hydrogens (tertiary/aromatic N) is 3. The van der Waals surface area contributed by atoms with Gasteiger partial charge in [0.2, 0.25) is 0 Å². The smallest absolute Gasteiger partial charge is 0.290 e. The van der Waals surface area contributed by atoms with Gasteiger partial charge in [0.25, 0.3) is 12.9 Å². The molecule has 3 N–H and O–H groups in total. The molecule has 0 bridgehead atoms. The first-order chi connectivity index (χ1) is 17.9. The zero-order chi connectivity index (χ0) is 27.2. The molecule has 1 saturated carbocycles. The largest absolute Gasteiger partial charge is 0.493 e. The minimum Gasteiger partial charge on any atom is -0.493 e. The molecular weight excluding hydrogens is 482 g/mol. The molecule has 4 rings (SSSR count). The van der Waals surface area contributed by atoms with Crippen LogP contribution in [0.4, 0.5) is 0 Å². The highest BCUT2D eigenvalue weighted by Crippen LogP contribution is 2.40. The molecule has 2 aliphatic heterocycles. The van der Waals surface area contributed by atoms with Crippen LogP contribution in [0.2, 0.25) is 0 Å². The number of benzene rings is 1. The van der Waals surface area contributed by atoms with Gasteiger partial charge in [0.05, 0.1) is 26.4 Å². The zero-order valence-electron chi connectivity index (χ0n) is 22.2. The number of aliphatic hydroxyl groups excluding tert-OH is 1. The van der Waals surface area contributed by atoms with E-state index in [0.29, 0.717) is 18.4 Å². The van der Waals surface area contributed by atoms with Crippen molar-refractivity contribution in [1.82, 2.24) is 14.7 Å². The van der Waals surface area contributed by atoms with Gasteiger partial charge in [0.15, 0.2) is 11.5 Å². The number of morpholine rings is 1. The van der Waals surface area contributed by atoms with Gasteiger partial charge in [-0.15, -0.1) is 0 Å². The van der Waals surface area contributed by atoms with E-state index in [0.717, 1.165) is 76.8 Å². The lowest BCUT2D eigenvalue weighted by molar-refractivity contribution is -0.123. The fraction of sp³-hybridized carbons (Fsp3) is 0.692. The van der Waals surface area contributed by atoms with Crippen LogP contribution in [0, 0.1) is 11.8 Å². The summed E-state index contributed by atoms with van der Waals surface area (Å²) in [6, 6.07) is 6.46. The first-order valence-electron chi connectivity index (χ1n) is 12.7. The minimum absolute atomic E-state index is 0.221. The Bertz CT molecular complexity index is 800. The van der Waals surface area contributed by atoms with Crippen molar-refractivity contribution in [2.75, 3.05) is 73.7 Å². The second-order valence-corrected chi connectivity index (χ2v) is 9.78.